The number of phenols is 1. The number of aromatic hydroxyl groups is 1. The fourth-order valence-electron chi connectivity index (χ4n) is 2.27. The van der Waals surface area contributed by atoms with Crippen LogP contribution in [-0.4, -0.2) is 19.9 Å². The molecule has 0 spiro atoms. The van der Waals surface area contributed by atoms with E-state index in [2.05, 4.69) is 16.1 Å². The SMILES string of the molecule is Cc1ccc(-c2nn(Cc3cc(Cl)[c-]cc3O)c(=O)[nH]2)cc1C.[Y]. The van der Waals surface area contributed by atoms with E-state index in [1.807, 2.05) is 32.0 Å². The van der Waals surface area contributed by atoms with E-state index in [4.69, 9.17) is 11.6 Å². The second-order valence-electron chi connectivity index (χ2n) is 5.43. The summed E-state index contributed by atoms with van der Waals surface area (Å²) >= 11 is 5.87. The predicted octanol–water partition coefficient (Wildman–Crippen LogP) is 3.06. The molecule has 24 heavy (non-hydrogen) atoms. The normalized spacial score (nSPS) is 10.5. The Morgan fingerprint density at radius 3 is 2.75 bits per heavy atom. The zero-order valence-electron chi connectivity index (χ0n) is 13.3. The smallest absolute Gasteiger partial charge is 0.343 e. The Labute approximate surface area is 169 Å². The number of hydrogen-bond acceptors (Lipinski definition) is 3. The molecule has 121 valence electrons. The summed E-state index contributed by atoms with van der Waals surface area (Å²) < 4.78 is 1.26. The summed E-state index contributed by atoms with van der Waals surface area (Å²) in [5.41, 5.74) is 3.31. The zero-order chi connectivity index (χ0) is 16.6. The van der Waals surface area contributed by atoms with Gasteiger partial charge in [-0.3, -0.25) is 4.98 Å². The molecule has 0 fully saturated rings. The van der Waals surface area contributed by atoms with E-state index in [0.29, 0.717) is 16.4 Å². The van der Waals surface area contributed by atoms with E-state index in [0.717, 1.165) is 11.1 Å². The maximum atomic E-state index is 12.1. The Morgan fingerprint density at radius 2 is 2.04 bits per heavy atom. The van der Waals surface area contributed by atoms with Crippen LogP contribution in [0.2, 0.25) is 5.02 Å². The Kier molecular flexibility index (Phi) is 6.02. The first-order valence-electron chi connectivity index (χ1n) is 7.08. The molecule has 7 heteroatoms. The number of aryl methyl sites for hydroxylation is 2. The van der Waals surface area contributed by atoms with E-state index in [1.54, 1.807) is 6.07 Å². The maximum absolute atomic E-state index is 12.1. The van der Waals surface area contributed by atoms with Crippen molar-refractivity contribution < 1.29 is 37.8 Å². The number of nitrogens with one attached hydrogen (secondary N) is 1. The minimum Gasteiger partial charge on any atom is -0.565 e. The standard InChI is InChI=1S/C17H15ClN3O2.Y/c1-10-3-4-12(7-11(10)2)16-19-17(23)21(20-16)9-13-8-14(18)5-6-15(13)22;/h3-4,6-8,22H,9H2,1-2H3,(H,19,20,23);/q-1;. The third-order valence-corrected chi connectivity index (χ3v) is 3.98. The van der Waals surface area contributed by atoms with Gasteiger partial charge in [0.1, 0.15) is 0 Å². The molecular formula is C17H15ClN3O2Y-. The van der Waals surface area contributed by atoms with Gasteiger partial charge in [-0.05, 0) is 31.0 Å². The van der Waals surface area contributed by atoms with Crippen LogP contribution in [0.5, 0.6) is 5.75 Å². The van der Waals surface area contributed by atoms with Crippen LogP contribution in [0.25, 0.3) is 11.4 Å². The second kappa shape index (κ2) is 7.64. The second-order valence-corrected chi connectivity index (χ2v) is 5.83. The van der Waals surface area contributed by atoms with Crippen LogP contribution in [0, 0.1) is 19.9 Å². The summed E-state index contributed by atoms with van der Waals surface area (Å²) in [6, 6.07) is 11.5. The number of aromatic nitrogens is 3. The number of aromatic amines is 1. The van der Waals surface area contributed by atoms with Gasteiger partial charge in [0.2, 0.25) is 0 Å². The van der Waals surface area contributed by atoms with Crippen molar-refractivity contribution in [3.8, 4) is 17.1 Å². The van der Waals surface area contributed by atoms with E-state index in [9.17, 15) is 9.90 Å². The van der Waals surface area contributed by atoms with Gasteiger partial charge >= 0.3 is 5.69 Å². The summed E-state index contributed by atoms with van der Waals surface area (Å²) in [6.07, 6.45) is 0. The molecule has 0 aliphatic carbocycles. The summed E-state index contributed by atoms with van der Waals surface area (Å²) in [7, 11) is 0. The third-order valence-electron chi connectivity index (χ3n) is 3.76. The fourth-order valence-corrected chi connectivity index (χ4v) is 2.46. The van der Waals surface area contributed by atoms with Gasteiger partial charge < -0.3 is 5.11 Å². The molecule has 0 saturated carbocycles. The number of hydrogen-bond donors (Lipinski definition) is 2. The van der Waals surface area contributed by atoms with Gasteiger partial charge in [0.05, 0.1) is 6.54 Å². The van der Waals surface area contributed by atoms with Crippen LogP contribution < -0.4 is 5.69 Å². The molecule has 0 saturated heterocycles. The number of phenolic OH excluding ortho intramolecular Hbond substituents is 1. The maximum Gasteiger partial charge on any atom is 0.343 e. The van der Waals surface area contributed by atoms with Crippen molar-refractivity contribution in [3.05, 3.63) is 68.6 Å². The summed E-state index contributed by atoms with van der Waals surface area (Å²) in [5, 5.41) is 14.5. The number of H-pyrrole nitrogens is 1. The molecule has 1 aromatic heterocycles. The van der Waals surface area contributed by atoms with Gasteiger partial charge in [0.25, 0.3) is 0 Å². The van der Waals surface area contributed by atoms with Crippen molar-refractivity contribution in [1.29, 1.82) is 0 Å². The third kappa shape index (κ3) is 3.97. The Bertz CT molecular complexity index is 934. The van der Waals surface area contributed by atoms with Gasteiger partial charge in [0.15, 0.2) is 5.82 Å². The van der Waals surface area contributed by atoms with Crippen molar-refractivity contribution in [2.75, 3.05) is 0 Å². The molecule has 0 amide bonds. The van der Waals surface area contributed by atoms with E-state index >= 15 is 0 Å². The van der Waals surface area contributed by atoms with Gasteiger partial charge in [-0.15, -0.1) is 28.8 Å². The van der Waals surface area contributed by atoms with Gasteiger partial charge in [0, 0.05) is 44.0 Å². The zero-order valence-corrected chi connectivity index (χ0v) is 16.9. The van der Waals surface area contributed by atoms with Gasteiger partial charge in [-0.25, -0.2) is 9.48 Å². The van der Waals surface area contributed by atoms with Crippen molar-refractivity contribution >= 4 is 11.6 Å². The molecule has 2 aromatic carbocycles. The van der Waals surface area contributed by atoms with E-state index in [-0.39, 0.29) is 50.7 Å². The quantitative estimate of drug-likeness (QED) is 0.644. The van der Waals surface area contributed by atoms with Crippen molar-refractivity contribution in [2.24, 2.45) is 0 Å². The van der Waals surface area contributed by atoms with E-state index in [1.165, 1.54) is 16.3 Å². The molecule has 1 radical (unpaired) electrons. The molecule has 2 N–H and O–H groups in total. The number of rotatable bonds is 3. The predicted molar refractivity (Wildman–Crippen MR) is 88.8 cm³/mol. The van der Waals surface area contributed by atoms with E-state index < -0.39 is 0 Å². The Hall–Kier alpha value is -1.43. The molecule has 0 atom stereocenters. The van der Waals surface area contributed by atoms with Crippen LogP contribution in [-0.2, 0) is 39.3 Å². The van der Waals surface area contributed by atoms with Gasteiger partial charge in [-0.1, -0.05) is 22.7 Å². The fraction of sp³-hybridized carbons (Fsp3) is 0.176. The van der Waals surface area contributed by atoms with Crippen LogP contribution in [0.4, 0.5) is 0 Å². The molecule has 5 nitrogen and oxygen atoms in total. The molecular weight excluding hydrogens is 403 g/mol. The molecule has 0 aliphatic heterocycles. The van der Waals surface area contributed by atoms with Crippen molar-refractivity contribution in [1.82, 2.24) is 14.8 Å². The summed E-state index contributed by atoms with van der Waals surface area (Å²) in [5.74, 6) is 0.517. The van der Waals surface area contributed by atoms with Crippen molar-refractivity contribution in [3.63, 3.8) is 0 Å². The van der Waals surface area contributed by atoms with Crippen LogP contribution >= 0.6 is 11.6 Å². The Morgan fingerprint density at radius 1 is 1.29 bits per heavy atom. The summed E-state index contributed by atoms with van der Waals surface area (Å²) in [4.78, 5) is 14.8. The molecule has 0 unspecified atom stereocenters. The van der Waals surface area contributed by atoms with Crippen LogP contribution in [0.1, 0.15) is 16.7 Å². The largest absolute Gasteiger partial charge is 0.565 e. The topological polar surface area (TPSA) is 70.9 Å². The monoisotopic (exact) mass is 417 g/mol. The molecule has 1 heterocycles. The Balaban J connectivity index is 0.00000208. The molecule has 3 aromatic rings. The first-order chi connectivity index (χ1) is 10.9. The first-order valence-corrected chi connectivity index (χ1v) is 7.45. The van der Waals surface area contributed by atoms with Crippen LogP contribution in [0.3, 0.4) is 0 Å². The first kappa shape index (κ1) is 18.9. The van der Waals surface area contributed by atoms with Crippen LogP contribution in [0.15, 0.2) is 35.1 Å². The minimum absolute atomic E-state index is 0. The molecule has 0 bridgehead atoms. The van der Waals surface area contributed by atoms with Gasteiger partial charge in [-0.2, -0.15) is 6.07 Å². The summed E-state index contributed by atoms with van der Waals surface area (Å²) in [6.45, 7) is 4.16. The average molecular weight is 418 g/mol. The minimum atomic E-state index is -0.346. The average Bonchev–Trinajstić information content (AvgIpc) is 2.87. The van der Waals surface area contributed by atoms with Crippen molar-refractivity contribution in [2.45, 2.75) is 20.4 Å². The molecule has 0 aliphatic rings. The number of halogens is 1. The molecule has 3 rings (SSSR count). The number of nitrogens with zero attached hydrogens (tertiary/aromatic N) is 2. The number of benzene rings is 2.